The van der Waals surface area contributed by atoms with E-state index >= 15 is 0 Å². The molecule has 0 saturated carbocycles. The van der Waals surface area contributed by atoms with Crippen LogP contribution < -0.4 is 5.73 Å². The molecule has 68 valence electrons. The largest absolute Gasteiger partial charge is 0.330 e. The van der Waals surface area contributed by atoms with Crippen molar-refractivity contribution in [1.82, 2.24) is 10.2 Å². The fourth-order valence-electron chi connectivity index (χ4n) is 1.13. The normalized spacial score (nSPS) is 10.6. The van der Waals surface area contributed by atoms with E-state index in [1.807, 2.05) is 0 Å². The lowest BCUT2D eigenvalue weighted by Crippen LogP contribution is -2.03. The number of halogens is 1. The highest BCUT2D eigenvalue weighted by molar-refractivity contribution is 9.10. The first-order chi connectivity index (χ1) is 5.79. The Balaban J connectivity index is 2.74. The van der Waals surface area contributed by atoms with Crippen molar-refractivity contribution in [2.24, 2.45) is 5.73 Å². The number of nitrogens with zero attached hydrogens (tertiary/aromatic N) is 1. The summed E-state index contributed by atoms with van der Waals surface area (Å²) in [5.74, 6) is 0. The molecule has 0 fully saturated rings. The average molecular weight is 232 g/mol. The van der Waals surface area contributed by atoms with Crippen molar-refractivity contribution in [3.05, 3.63) is 15.9 Å². The number of hydrogen-bond donors (Lipinski definition) is 2. The van der Waals surface area contributed by atoms with Crippen molar-refractivity contribution in [1.29, 1.82) is 0 Å². The number of aromatic amines is 1. The molecule has 0 radical (unpaired) electrons. The van der Waals surface area contributed by atoms with Crippen molar-refractivity contribution in [2.75, 3.05) is 6.54 Å². The lowest BCUT2D eigenvalue weighted by atomic mass is 10.2. The Labute approximate surface area is 80.9 Å². The zero-order valence-corrected chi connectivity index (χ0v) is 8.82. The lowest BCUT2D eigenvalue weighted by molar-refractivity contribution is 0.854. The fourth-order valence-corrected chi connectivity index (χ4v) is 1.70. The number of rotatable bonds is 4. The predicted molar refractivity (Wildman–Crippen MR) is 53.0 cm³/mol. The molecule has 0 bridgehead atoms. The number of aryl methyl sites for hydroxylation is 1. The van der Waals surface area contributed by atoms with Gasteiger partial charge >= 0.3 is 0 Å². The minimum Gasteiger partial charge on any atom is -0.330 e. The van der Waals surface area contributed by atoms with E-state index in [-0.39, 0.29) is 0 Å². The van der Waals surface area contributed by atoms with Gasteiger partial charge < -0.3 is 5.73 Å². The van der Waals surface area contributed by atoms with Gasteiger partial charge in [-0.05, 0) is 28.9 Å². The Kier molecular flexibility index (Phi) is 3.75. The zero-order valence-electron chi connectivity index (χ0n) is 7.23. The van der Waals surface area contributed by atoms with Gasteiger partial charge in [0.05, 0.1) is 10.2 Å². The molecule has 12 heavy (non-hydrogen) atoms. The van der Waals surface area contributed by atoms with E-state index in [9.17, 15) is 0 Å². The van der Waals surface area contributed by atoms with Crippen LogP contribution in [0.4, 0.5) is 0 Å². The van der Waals surface area contributed by atoms with Crippen LogP contribution in [-0.2, 0) is 12.8 Å². The van der Waals surface area contributed by atoms with Gasteiger partial charge in [-0.3, -0.25) is 5.10 Å². The summed E-state index contributed by atoms with van der Waals surface area (Å²) in [6.07, 6.45) is 3.00. The molecule has 3 nitrogen and oxygen atoms in total. The minimum absolute atomic E-state index is 0.648. The van der Waals surface area contributed by atoms with Crippen LogP contribution >= 0.6 is 15.9 Å². The summed E-state index contributed by atoms with van der Waals surface area (Å²) in [5, 5.41) is 7.18. The third-order valence-corrected chi connectivity index (χ3v) is 2.66. The van der Waals surface area contributed by atoms with Crippen molar-refractivity contribution in [3.63, 3.8) is 0 Å². The summed E-state index contributed by atoms with van der Waals surface area (Å²) >= 11 is 3.50. The highest BCUT2D eigenvalue weighted by Crippen LogP contribution is 2.20. The van der Waals surface area contributed by atoms with Gasteiger partial charge in [0.25, 0.3) is 0 Å². The smallest absolute Gasteiger partial charge is 0.0779 e. The summed E-state index contributed by atoms with van der Waals surface area (Å²) in [5.41, 5.74) is 7.66. The molecule has 1 aromatic heterocycles. The van der Waals surface area contributed by atoms with Gasteiger partial charge in [0.15, 0.2) is 0 Å². The van der Waals surface area contributed by atoms with Crippen LogP contribution in [0.3, 0.4) is 0 Å². The molecule has 0 amide bonds. The maximum Gasteiger partial charge on any atom is 0.0779 e. The Morgan fingerprint density at radius 1 is 1.50 bits per heavy atom. The Morgan fingerprint density at radius 3 is 2.83 bits per heavy atom. The van der Waals surface area contributed by atoms with Crippen LogP contribution in [0.25, 0.3) is 0 Å². The van der Waals surface area contributed by atoms with Gasteiger partial charge in [-0.1, -0.05) is 13.3 Å². The van der Waals surface area contributed by atoms with E-state index in [0.717, 1.165) is 29.4 Å². The van der Waals surface area contributed by atoms with Crippen LogP contribution in [0.2, 0.25) is 0 Å². The standard InChI is InChI=1S/C8H14BrN3/c1-2-3-6-8(9)7(4-5-10)12-11-6/h2-5,10H2,1H3,(H,11,12). The van der Waals surface area contributed by atoms with E-state index in [4.69, 9.17) is 5.73 Å². The van der Waals surface area contributed by atoms with Gasteiger partial charge in [-0.2, -0.15) is 5.10 Å². The molecule has 0 atom stereocenters. The highest BCUT2D eigenvalue weighted by atomic mass is 79.9. The number of aromatic nitrogens is 2. The molecule has 0 aliphatic carbocycles. The quantitative estimate of drug-likeness (QED) is 0.828. The third kappa shape index (κ3) is 2.08. The monoisotopic (exact) mass is 231 g/mol. The van der Waals surface area contributed by atoms with Gasteiger partial charge in [-0.15, -0.1) is 0 Å². The molecule has 0 unspecified atom stereocenters. The summed E-state index contributed by atoms with van der Waals surface area (Å²) in [6.45, 7) is 2.80. The molecule has 0 aromatic carbocycles. The zero-order chi connectivity index (χ0) is 8.97. The molecule has 0 spiro atoms. The van der Waals surface area contributed by atoms with E-state index in [0.29, 0.717) is 6.54 Å². The molecule has 1 rings (SSSR count). The number of H-pyrrole nitrogens is 1. The highest BCUT2D eigenvalue weighted by Gasteiger charge is 2.07. The molecule has 0 saturated heterocycles. The second-order valence-electron chi connectivity index (χ2n) is 2.75. The number of hydrogen-bond acceptors (Lipinski definition) is 2. The van der Waals surface area contributed by atoms with Gasteiger partial charge in [-0.25, -0.2) is 0 Å². The second kappa shape index (κ2) is 4.62. The number of nitrogens with two attached hydrogens (primary N) is 1. The Bertz CT molecular complexity index is 221. The molecule has 1 heterocycles. The van der Waals surface area contributed by atoms with Gasteiger partial charge in [0.1, 0.15) is 0 Å². The van der Waals surface area contributed by atoms with Crippen LogP contribution in [-0.4, -0.2) is 16.7 Å². The summed E-state index contributed by atoms with van der Waals surface area (Å²) in [4.78, 5) is 0. The fraction of sp³-hybridized carbons (Fsp3) is 0.625. The van der Waals surface area contributed by atoms with E-state index in [1.54, 1.807) is 0 Å². The maximum atomic E-state index is 5.44. The average Bonchev–Trinajstić information content (AvgIpc) is 2.38. The first-order valence-electron chi connectivity index (χ1n) is 4.21. The second-order valence-corrected chi connectivity index (χ2v) is 3.54. The first kappa shape index (κ1) is 9.74. The topological polar surface area (TPSA) is 54.7 Å². The SMILES string of the molecule is CCCc1[nH]nc(CCN)c1Br. The van der Waals surface area contributed by atoms with Crippen LogP contribution in [0, 0.1) is 0 Å². The molecule has 3 N–H and O–H groups in total. The lowest BCUT2D eigenvalue weighted by Gasteiger charge is -1.94. The molecular formula is C8H14BrN3. The Morgan fingerprint density at radius 2 is 2.25 bits per heavy atom. The van der Waals surface area contributed by atoms with Crippen molar-refractivity contribution < 1.29 is 0 Å². The van der Waals surface area contributed by atoms with Crippen LogP contribution in [0.5, 0.6) is 0 Å². The maximum absolute atomic E-state index is 5.44. The van der Waals surface area contributed by atoms with Crippen LogP contribution in [0.15, 0.2) is 4.47 Å². The number of nitrogens with one attached hydrogen (secondary N) is 1. The molecule has 4 heteroatoms. The van der Waals surface area contributed by atoms with Gasteiger partial charge in [0.2, 0.25) is 0 Å². The predicted octanol–water partition coefficient (Wildman–Crippen LogP) is 1.63. The van der Waals surface area contributed by atoms with Crippen molar-refractivity contribution in [2.45, 2.75) is 26.2 Å². The summed E-state index contributed by atoms with van der Waals surface area (Å²) in [7, 11) is 0. The molecular weight excluding hydrogens is 218 g/mol. The van der Waals surface area contributed by atoms with Gasteiger partial charge in [0, 0.05) is 12.1 Å². The molecule has 0 aliphatic heterocycles. The molecule has 1 aromatic rings. The van der Waals surface area contributed by atoms with E-state index < -0.39 is 0 Å². The van der Waals surface area contributed by atoms with Crippen LogP contribution in [0.1, 0.15) is 24.7 Å². The minimum atomic E-state index is 0.648. The van der Waals surface area contributed by atoms with Crippen molar-refractivity contribution >= 4 is 15.9 Å². The summed E-state index contributed by atoms with van der Waals surface area (Å²) in [6, 6.07) is 0. The van der Waals surface area contributed by atoms with E-state index in [2.05, 4.69) is 33.1 Å². The van der Waals surface area contributed by atoms with Crippen molar-refractivity contribution in [3.8, 4) is 0 Å². The molecule has 0 aliphatic rings. The Hall–Kier alpha value is -0.350. The van der Waals surface area contributed by atoms with E-state index in [1.165, 1.54) is 5.69 Å². The third-order valence-electron chi connectivity index (χ3n) is 1.73. The first-order valence-corrected chi connectivity index (χ1v) is 5.00. The summed E-state index contributed by atoms with van der Waals surface area (Å²) < 4.78 is 1.11.